The molecule has 5 heteroatoms. The topological polar surface area (TPSA) is 61.7 Å². The van der Waals surface area contributed by atoms with Crippen LogP contribution in [0.25, 0.3) is 0 Å². The third-order valence-electron chi connectivity index (χ3n) is 0.957. The van der Waals surface area contributed by atoms with E-state index in [0.717, 1.165) is 0 Å². The summed E-state index contributed by atoms with van der Waals surface area (Å²) in [5.74, 6) is 0. The predicted octanol–water partition coefficient (Wildman–Crippen LogP) is -2.16. The van der Waals surface area contributed by atoms with E-state index in [1.54, 1.807) is 7.11 Å². The van der Waals surface area contributed by atoms with Crippen molar-refractivity contribution in [2.75, 3.05) is 20.3 Å². The molecule has 54 valence electrons. The van der Waals surface area contributed by atoms with E-state index in [0.29, 0.717) is 7.62 Å². The van der Waals surface area contributed by atoms with Crippen LogP contribution < -0.4 is 5.23 Å². The van der Waals surface area contributed by atoms with E-state index >= 15 is 0 Å². The Morgan fingerprint density at radius 2 is 2.11 bits per heavy atom. The van der Waals surface area contributed by atoms with Crippen molar-refractivity contribution >= 4 is 7.62 Å². The fraction of sp³-hybridized carbons (Fsp3) is 1.00. The molecule has 0 rings (SSSR count). The fourth-order valence-corrected chi connectivity index (χ4v) is 0.388. The number of hydrogen-bond acceptors (Lipinski definition) is 4. The van der Waals surface area contributed by atoms with Crippen LogP contribution in [-0.4, -0.2) is 44.2 Å². The molecule has 0 aliphatic rings. The molecule has 0 aromatic carbocycles. The molecular weight excluding hydrogens is 121 g/mol. The monoisotopic (exact) mass is 133 g/mol. The highest BCUT2D eigenvalue weighted by Crippen LogP contribution is 1.75. The first kappa shape index (κ1) is 8.90. The van der Waals surface area contributed by atoms with E-state index in [9.17, 15) is 0 Å². The summed E-state index contributed by atoms with van der Waals surface area (Å²) in [5.41, 5.74) is 0. The number of aliphatic hydroxyl groups excluding tert-OH is 2. The van der Waals surface area contributed by atoms with Gasteiger partial charge in [-0.3, -0.25) is 0 Å². The lowest BCUT2D eigenvalue weighted by atomic mass is 10.2. The van der Waals surface area contributed by atoms with Crippen molar-refractivity contribution in [1.29, 1.82) is 0 Å². The number of rotatable bonds is 5. The first-order valence-electron chi connectivity index (χ1n) is 2.79. The highest BCUT2D eigenvalue weighted by molar-refractivity contribution is 6.23. The van der Waals surface area contributed by atoms with Crippen LogP contribution in [0, 0.1) is 0 Å². The molecular formula is C4H12BNO3. The van der Waals surface area contributed by atoms with Gasteiger partial charge in [0.1, 0.15) is 0 Å². The average Bonchev–Trinajstić information content (AvgIpc) is 1.91. The van der Waals surface area contributed by atoms with Crippen molar-refractivity contribution in [3.63, 3.8) is 0 Å². The zero-order valence-electron chi connectivity index (χ0n) is 5.50. The quantitative estimate of drug-likeness (QED) is 0.374. The van der Waals surface area contributed by atoms with Gasteiger partial charge in [-0.15, -0.1) is 0 Å². The summed E-state index contributed by atoms with van der Waals surface area (Å²) < 4.78 is 4.64. The molecule has 0 aromatic heterocycles. The molecule has 4 nitrogen and oxygen atoms in total. The molecule has 0 atom stereocenters. The van der Waals surface area contributed by atoms with Crippen molar-refractivity contribution in [3.8, 4) is 0 Å². The number of nitrogens with one attached hydrogen (secondary N) is 1. The first-order valence-corrected chi connectivity index (χ1v) is 2.79. The molecule has 9 heavy (non-hydrogen) atoms. The Kier molecular flexibility index (Phi) is 5.97. The largest absolute Gasteiger partial charge is 0.427 e. The lowest BCUT2D eigenvalue weighted by Gasteiger charge is -2.10. The number of aliphatic hydroxyl groups is 2. The maximum Gasteiger partial charge on any atom is 0.360 e. The van der Waals surface area contributed by atoms with Gasteiger partial charge in [-0.2, -0.15) is 0 Å². The fourth-order valence-electron chi connectivity index (χ4n) is 0.388. The van der Waals surface area contributed by atoms with Crippen LogP contribution in [0.5, 0.6) is 0 Å². The highest BCUT2D eigenvalue weighted by atomic mass is 16.4. The number of hydrogen-bond donors (Lipinski definition) is 3. The summed E-state index contributed by atoms with van der Waals surface area (Å²) in [5, 5.41) is 19.7. The van der Waals surface area contributed by atoms with Gasteiger partial charge < -0.3 is 20.1 Å². The van der Waals surface area contributed by atoms with Gasteiger partial charge in [-0.05, 0) is 0 Å². The van der Waals surface area contributed by atoms with Crippen molar-refractivity contribution < 1.29 is 14.9 Å². The van der Waals surface area contributed by atoms with Gasteiger partial charge in [0.15, 0.2) is 0 Å². The Labute approximate surface area is 55.1 Å². The normalized spacial score (nSPS) is 10.2. The van der Waals surface area contributed by atoms with Crippen LogP contribution in [0.3, 0.4) is 0 Å². The summed E-state index contributed by atoms with van der Waals surface area (Å²) in [6.07, 6.45) is 0. The molecule has 0 radical (unpaired) electrons. The van der Waals surface area contributed by atoms with Crippen LogP contribution in [0.15, 0.2) is 0 Å². The molecule has 0 aliphatic heterocycles. The van der Waals surface area contributed by atoms with Crippen LogP contribution in [0.1, 0.15) is 0 Å². The van der Waals surface area contributed by atoms with Gasteiger partial charge in [0, 0.05) is 13.2 Å². The van der Waals surface area contributed by atoms with E-state index in [2.05, 4.69) is 9.88 Å². The molecule has 3 N–H and O–H groups in total. The Morgan fingerprint density at radius 1 is 1.56 bits per heavy atom. The van der Waals surface area contributed by atoms with Crippen molar-refractivity contribution in [3.05, 3.63) is 0 Å². The SMILES string of the molecule is COBNC(CO)CO. The summed E-state index contributed by atoms with van der Waals surface area (Å²) in [6, 6.07) is -0.259. The molecule has 0 saturated carbocycles. The summed E-state index contributed by atoms with van der Waals surface area (Å²) >= 11 is 0. The molecule has 0 unspecified atom stereocenters. The van der Waals surface area contributed by atoms with Gasteiger partial charge in [0.25, 0.3) is 0 Å². The smallest absolute Gasteiger partial charge is 0.360 e. The zero-order chi connectivity index (χ0) is 7.11. The molecule has 0 heterocycles. The molecule has 0 aromatic rings. The van der Waals surface area contributed by atoms with Gasteiger partial charge in [-0.1, -0.05) is 0 Å². The van der Waals surface area contributed by atoms with Crippen molar-refractivity contribution in [2.45, 2.75) is 6.04 Å². The van der Waals surface area contributed by atoms with Crippen LogP contribution >= 0.6 is 0 Å². The minimum atomic E-state index is -0.259. The van der Waals surface area contributed by atoms with Crippen molar-refractivity contribution in [1.82, 2.24) is 5.23 Å². The third-order valence-corrected chi connectivity index (χ3v) is 0.957. The standard InChI is InChI=1S/C4H12BNO3/c1-9-5-6-4(2-7)3-8/h4-8H,2-3H2,1H3. The molecule has 0 bridgehead atoms. The molecule has 0 aliphatic carbocycles. The lowest BCUT2D eigenvalue weighted by Crippen LogP contribution is -2.38. The Balaban J connectivity index is 3.09. The van der Waals surface area contributed by atoms with E-state index < -0.39 is 0 Å². The van der Waals surface area contributed by atoms with Gasteiger partial charge in [0.05, 0.1) is 13.2 Å². The lowest BCUT2D eigenvalue weighted by molar-refractivity contribution is 0.182. The minimum absolute atomic E-state index is 0.0696. The van der Waals surface area contributed by atoms with E-state index in [1.807, 2.05) is 0 Å². The molecule has 0 amide bonds. The minimum Gasteiger partial charge on any atom is -0.427 e. The second-order valence-corrected chi connectivity index (χ2v) is 1.70. The average molecular weight is 133 g/mol. The van der Waals surface area contributed by atoms with Crippen LogP contribution in [0.2, 0.25) is 0 Å². The zero-order valence-corrected chi connectivity index (χ0v) is 5.50. The summed E-state index contributed by atoms with van der Waals surface area (Å²) in [6.45, 7) is -0.139. The third kappa shape index (κ3) is 4.41. The molecule has 0 spiro atoms. The van der Waals surface area contributed by atoms with Crippen LogP contribution in [0.4, 0.5) is 0 Å². The van der Waals surface area contributed by atoms with Gasteiger partial charge >= 0.3 is 7.62 Å². The van der Waals surface area contributed by atoms with Crippen molar-refractivity contribution in [2.24, 2.45) is 0 Å². The Bertz CT molecular complexity index is 59.8. The summed E-state index contributed by atoms with van der Waals surface area (Å²) in [7, 11) is 1.89. The predicted molar refractivity (Wildman–Crippen MR) is 35.3 cm³/mol. The van der Waals surface area contributed by atoms with Gasteiger partial charge in [-0.25, -0.2) is 0 Å². The Morgan fingerprint density at radius 3 is 2.44 bits per heavy atom. The maximum atomic E-state index is 8.47. The maximum absolute atomic E-state index is 8.47. The Hall–Kier alpha value is -0.0951. The highest BCUT2D eigenvalue weighted by Gasteiger charge is 2.02. The first-order chi connectivity index (χ1) is 4.35. The second kappa shape index (κ2) is 6.03. The molecule has 0 fully saturated rings. The second-order valence-electron chi connectivity index (χ2n) is 1.70. The van der Waals surface area contributed by atoms with Crippen LogP contribution in [-0.2, 0) is 4.65 Å². The summed E-state index contributed by atoms with van der Waals surface area (Å²) in [4.78, 5) is 0. The molecule has 0 saturated heterocycles. The van der Waals surface area contributed by atoms with Gasteiger partial charge in [0.2, 0.25) is 0 Å². The van der Waals surface area contributed by atoms with E-state index in [-0.39, 0.29) is 19.3 Å². The van der Waals surface area contributed by atoms with E-state index in [1.165, 1.54) is 0 Å². The van der Waals surface area contributed by atoms with E-state index in [4.69, 9.17) is 10.2 Å².